The van der Waals surface area contributed by atoms with Gasteiger partial charge in [-0.15, -0.1) is 0 Å². The van der Waals surface area contributed by atoms with Crippen molar-refractivity contribution in [3.63, 3.8) is 0 Å². The van der Waals surface area contributed by atoms with Crippen LogP contribution in [0.4, 0.5) is 0 Å². The Bertz CT molecular complexity index is 1160. The summed E-state index contributed by atoms with van der Waals surface area (Å²) in [6, 6.07) is 5.53. The van der Waals surface area contributed by atoms with Gasteiger partial charge >= 0.3 is 0 Å². The van der Waals surface area contributed by atoms with E-state index in [9.17, 15) is 4.79 Å². The van der Waals surface area contributed by atoms with E-state index in [1.807, 2.05) is 18.2 Å². The minimum atomic E-state index is -0.319. The fraction of sp³-hybridized carbons (Fsp3) is 0.433. The Balaban J connectivity index is 2.25. The standard InChI is InChI=1S/C30H41NO4/c1-21(2)10-8-12-23(5)16-18-34-28-26-15-14-25(33-7)20-27(26)31-30(32)29(28)35-19-17-24(6)13-9-11-22(3)4/h10-11,14-17,20H,8-9,12-13,18-19H2,1-7H3,(H,31,32)/b23-16+,24-17+. The number of H-pyrrole nitrogens is 1. The van der Waals surface area contributed by atoms with E-state index in [1.165, 1.54) is 22.3 Å². The second-order valence-electron chi connectivity index (χ2n) is 9.39. The summed E-state index contributed by atoms with van der Waals surface area (Å²) in [5, 5.41) is 0.778. The molecule has 0 saturated heterocycles. The SMILES string of the molecule is COc1ccc2c(OC/C=C(\C)CCC=C(C)C)c(OC/C=C(\C)CCC=C(C)C)c(=O)[nH]c2c1. The second kappa shape index (κ2) is 14.2. The van der Waals surface area contributed by atoms with Crippen molar-refractivity contribution >= 4 is 10.9 Å². The molecule has 0 aliphatic carbocycles. The van der Waals surface area contributed by atoms with Crippen molar-refractivity contribution < 1.29 is 14.2 Å². The zero-order chi connectivity index (χ0) is 25.8. The predicted octanol–water partition coefficient (Wildman–Crippen LogP) is 7.68. The zero-order valence-corrected chi connectivity index (χ0v) is 22.4. The third-order valence-electron chi connectivity index (χ3n) is 5.63. The van der Waals surface area contributed by atoms with Crippen molar-refractivity contribution in [2.24, 2.45) is 0 Å². The third-order valence-corrected chi connectivity index (χ3v) is 5.63. The summed E-state index contributed by atoms with van der Waals surface area (Å²) in [4.78, 5) is 15.8. The minimum absolute atomic E-state index is 0.201. The lowest BCUT2D eigenvalue weighted by Crippen LogP contribution is -2.14. The van der Waals surface area contributed by atoms with Crippen molar-refractivity contribution in [2.45, 2.75) is 67.2 Å². The topological polar surface area (TPSA) is 60.6 Å². The highest BCUT2D eigenvalue weighted by molar-refractivity contribution is 5.88. The first-order valence-corrected chi connectivity index (χ1v) is 12.3. The maximum atomic E-state index is 12.9. The lowest BCUT2D eigenvalue weighted by atomic mass is 10.1. The van der Waals surface area contributed by atoms with Gasteiger partial charge < -0.3 is 19.2 Å². The van der Waals surface area contributed by atoms with Gasteiger partial charge in [-0.1, -0.05) is 34.4 Å². The van der Waals surface area contributed by atoms with E-state index < -0.39 is 0 Å². The van der Waals surface area contributed by atoms with Gasteiger partial charge in [-0.3, -0.25) is 4.79 Å². The number of pyridine rings is 1. The number of benzene rings is 1. The number of aromatic nitrogens is 1. The molecule has 1 aromatic carbocycles. The number of rotatable bonds is 13. The summed E-state index contributed by atoms with van der Waals surface area (Å²) in [6.07, 6.45) is 12.5. The van der Waals surface area contributed by atoms with Crippen LogP contribution in [0.1, 0.15) is 67.2 Å². The Kier molecular flexibility index (Phi) is 11.4. The number of hydrogen-bond donors (Lipinski definition) is 1. The lowest BCUT2D eigenvalue weighted by Gasteiger charge is -2.14. The quantitative estimate of drug-likeness (QED) is 0.299. The van der Waals surface area contributed by atoms with Crippen LogP contribution in [0.3, 0.4) is 0 Å². The molecular weight excluding hydrogens is 438 g/mol. The van der Waals surface area contributed by atoms with Gasteiger partial charge in [0.1, 0.15) is 19.0 Å². The molecule has 0 saturated carbocycles. The zero-order valence-electron chi connectivity index (χ0n) is 22.4. The summed E-state index contributed by atoms with van der Waals surface area (Å²) in [5.74, 6) is 1.32. The van der Waals surface area contributed by atoms with E-state index in [1.54, 1.807) is 13.2 Å². The highest BCUT2D eigenvalue weighted by Crippen LogP contribution is 2.33. The van der Waals surface area contributed by atoms with Crippen molar-refractivity contribution in [1.82, 2.24) is 4.98 Å². The average molecular weight is 480 g/mol. The van der Waals surface area contributed by atoms with Crippen LogP contribution in [0, 0.1) is 0 Å². The summed E-state index contributed by atoms with van der Waals surface area (Å²) < 4.78 is 17.4. The molecule has 1 N–H and O–H groups in total. The van der Waals surface area contributed by atoms with Gasteiger partial charge in [-0.25, -0.2) is 0 Å². The van der Waals surface area contributed by atoms with E-state index >= 15 is 0 Å². The molecule has 0 radical (unpaired) electrons. The molecule has 5 nitrogen and oxygen atoms in total. The summed E-state index contributed by atoms with van der Waals surface area (Å²) in [5.41, 5.74) is 5.44. The van der Waals surface area contributed by atoms with Gasteiger partial charge in [0.05, 0.1) is 12.6 Å². The van der Waals surface area contributed by atoms with Gasteiger partial charge in [-0.2, -0.15) is 0 Å². The second-order valence-corrected chi connectivity index (χ2v) is 9.39. The molecule has 0 atom stereocenters. The number of ether oxygens (including phenoxy) is 3. The molecule has 0 bridgehead atoms. The fourth-order valence-electron chi connectivity index (χ4n) is 3.55. The van der Waals surface area contributed by atoms with Crippen LogP contribution in [-0.4, -0.2) is 25.3 Å². The van der Waals surface area contributed by atoms with Crippen molar-refractivity contribution in [3.05, 3.63) is 75.1 Å². The Morgan fingerprint density at radius 1 is 0.800 bits per heavy atom. The van der Waals surface area contributed by atoms with Crippen molar-refractivity contribution in [2.75, 3.05) is 20.3 Å². The van der Waals surface area contributed by atoms with E-state index in [0.29, 0.717) is 30.2 Å². The highest BCUT2D eigenvalue weighted by atomic mass is 16.5. The largest absolute Gasteiger partial charge is 0.497 e. The van der Waals surface area contributed by atoms with Crippen LogP contribution < -0.4 is 19.8 Å². The van der Waals surface area contributed by atoms with Crippen LogP contribution in [0.25, 0.3) is 10.9 Å². The molecule has 2 aromatic rings. The highest BCUT2D eigenvalue weighted by Gasteiger charge is 2.16. The molecule has 1 aromatic heterocycles. The Morgan fingerprint density at radius 3 is 1.86 bits per heavy atom. The maximum absolute atomic E-state index is 12.9. The molecule has 0 unspecified atom stereocenters. The number of allylic oxidation sites excluding steroid dienone is 6. The first kappa shape index (κ1) is 28.0. The van der Waals surface area contributed by atoms with E-state index in [-0.39, 0.29) is 11.3 Å². The summed E-state index contributed by atoms with van der Waals surface area (Å²) in [6.45, 7) is 13.3. The van der Waals surface area contributed by atoms with Gasteiger partial charge in [0.25, 0.3) is 5.56 Å². The maximum Gasteiger partial charge on any atom is 0.294 e. The van der Waals surface area contributed by atoms with Crippen LogP contribution in [0.2, 0.25) is 0 Å². The number of fused-ring (bicyclic) bond motifs is 1. The fourth-order valence-corrected chi connectivity index (χ4v) is 3.55. The molecule has 0 spiro atoms. The number of hydrogen-bond acceptors (Lipinski definition) is 4. The Labute approximate surface area is 210 Å². The monoisotopic (exact) mass is 479 g/mol. The smallest absolute Gasteiger partial charge is 0.294 e. The van der Waals surface area contributed by atoms with Crippen molar-refractivity contribution in [3.8, 4) is 17.2 Å². The van der Waals surface area contributed by atoms with E-state index in [4.69, 9.17) is 14.2 Å². The van der Waals surface area contributed by atoms with Gasteiger partial charge in [0.2, 0.25) is 5.75 Å². The molecule has 0 fully saturated rings. The number of aromatic amines is 1. The van der Waals surface area contributed by atoms with E-state index in [2.05, 4.69) is 64.8 Å². The third kappa shape index (κ3) is 9.51. The number of nitrogens with one attached hydrogen (secondary N) is 1. The van der Waals surface area contributed by atoms with Crippen LogP contribution in [-0.2, 0) is 0 Å². The predicted molar refractivity (Wildman–Crippen MR) is 147 cm³/mol. The molecule has 0 aliphatic heterocycles. The molecule has 5 heteroatoms. The van der Waals surface area contributed by atoms with Crippen LogP contribution in [0.5, 0.6) is 17.2 Å². The van der Waals surface area contributed by atoms with Gasteiger partial charge in [0.15, 0.2) is 5.75 Å². The van der Waals surface area contributed by atoms with Crippen LogP contribution in [0.15, 0.2) is 69.6 Å². The van der Waals surface area contributed by atoms with Gasteiger partial charge in [-0.05, 0) is 91.5 Å². The summed E-state index contributed by atoms with van der Waals surface area (Å²) in [7, 11) is 1.60. The lowest BCUT2D eigenvalue weighted by molar-refractivity contribution is 0.306. The molecule has 1 heterocycles. The van der Waals surface area contributed by atoms with E-state index in [0.717, 1.165) is 31.1 Å². The van der Waals surface area contributed by atoms with Crippen LogP contribution >= 0.6 is 0 Å². The molecule has 190 valence electrons. The van der Waals surface area contributed by atoms with Crippen molar-refractivity contribution in [1.29, 1.82) is 0 Å². The Hall–Kier alpha value is -3.21. The molecule has 0 aliphatic rings. The first-order valence-electron chi connectivity index (χ1n) is 12.3. The molecule has 35 heavy (non-hydrogen) atoms. The molecule has 2 rings (SSSR count). The number of methoxy groups -OCH3 is 1. The molecule has 0 amide bonds. The Morgan fingerprint density at radius 2 is 1.34 bits per heavy atom. The first-order chi connectivity index (χ1) is 16.7. The average Bonchev–Trinajstić information content (AvgIpc) is 2.79. The summed E-state index contributed by atoms with van der Waals surface area (Å²) >= 11 is 0. The minimum Gasteiger partial charge on any atom is -0.497 e. The van der Waals surface area contributed by atoms with Gasteiger partial charge in [0, 0.05) is 11.5 Å². The molecular formula is C30H41NO4. The normalized spacial score (nSPS) is 11.9.